The summed E-state index contributed by atoms with van der Waals surface area (Å²) in [5.41, 5.74) is 1.12. The van der Waals surface area contributed by atoms with Crippen LogP contribution in [0.2, 0.25) is 0 Å². The van der Waals surface area contributed by atoms with Crippen molar-refractivity contribution in [2.45, 2.75) is 32.4 Å². The molecule has 1 aromatic rings. The van der Waals surface area contributed by atoms with Gasteiger partial charge >= 0.3 is 0 Å². The summed E-state index contributed by atoms with van der Waals surface area (Å²) in [4.78, 5) is 0. The van der Waals surface area contributed by atoms with Gasteiger partial charge in [0, 0.05) is 17.1 Å². The Morgan fingerprint density at radius 2 is 2.20 bits per heavy atom. The quantitative estimate of drug-likeness (QED) is 0.884. The van der Waals surface area contributed by atoms with Crippen LogP contribution < -0.4 is 5.32 Å². The summed E-state index contributed by atoms with van der Waals surface area (Å²) in [6.07, 6.45) is 2.55. The van der Waals surface area contributed by atoms with Crippen LogP contribution in [0.1, 0.15) is 25.3 Å². The number of aromatic hydroxyl groups is 1. The highest BCUT2D eigenvalue weighted by molar-refractivity contribution is 9.10. The molecular formula is C12H16BrNO. The Morgan fingerprint density at radius 3 is 2.87 bits per heavy atom. The van der Waals surface area contributed by atoms with Crippen LogP contribution in [-0.2, 0) is 6.54 Å². The maximum atomic E-state index is 9.37. The maximum Gasteiger partial charge on any atom is 0.115 e. The summed E-state index contributed by atoms with van der Waals surface area (Å²) in [7, 11) is 0. The second-order valence-electron chi connectivity index (χ2n) is 4.43. The minimum absolute atomic E-state index is 0.331. The summed E-state index contributed by atoms with van der Waals surface area (Å²) in [5.74, 6) is 1.20. The number of hydrogen-bond donors (Lipinski definition) is 2. The highest BCUT2D eigenvalue weighted by atomic mass is 79.9. The first kappa shape index (κ1) is 11.0. The predicted molar refractivity (Wildman–Crippen MR) is 64.8 cm³/mol. The molecule has 0 aliphatic heterocycles. The fraction of sp³-hybridized carbons (Fsp3) is 0.500. The lowest BCUT2D eigenvalue weighted by Crippen LogP contribution is -2.39. The molecule has 0 atom stereocenters. The van der Waals surface area contributed by atoms with E-state index in [0.29, 0.717) is 11.8 Å². The number of rotatable bonds is 3. The molecule has 2 nitrogen and oxygen atoms in total. The van der Waals surface area contributed by atoms with Crippen molar-refractivity contribution in [2.24, 2.45) is 5.92 Å². The van der Waals surface area contributed by atoms with E-state index in [-0.39, 0.29) is 0 Å². The van der Waals surface area contributed by atoms with Crippen molar-refractivity contribution in [1.29, 1.82) is 0 Å². The molecule has 0 radical (unpaired) electrons. The van der Waals surface area contributed by atoms with Gasteiger partial charge in [0.1, 0.15) is 5.75 Å². The topological polar surface area (TPSA) is 32.3 Å². The average Bonchev–Trinajstić information content (AvgIpc) is 2.16. The Morgan fingerprint density at radius 1 is 1.47 bits per heavy atom. The zero-order valence-corrected chi connectivity index (χ0v) is 10.4. The van der Waals surface area contributed by atoms with E-state index >= 15 is 0 Å². The van der Waals surface area contributed by atoms with Gasteiger partial charge in [-0.05, 0) is 42.5 Å². The van der Waals surface area contributed by atoms with Gasteiger partial charge < -0.3 is 10.4 Å². The number of halogens is 1. The molecule has 2 N–H and O–H groups in total. The van der Waals surface area contributed by atoms with Crippen LogP contribution in [0.15, 0.2) is 22.7 Å². The van der Waals surface area contributed by atoms with Gasteiger partial charge in [-0.1, -0.05) is 22.9 Å². The van der Waals surface area contributed by atoms with Gasteiger partial charge in [-0.25, -0.2) is 0 Å². The minimum atomic E-state index is 0.331. The van der Waals surface area contributed by atoms with Crippen molar-refractivity contribution in [3.63, 3.8) is 0 Å². The van der Waals surface area contributed by atoms with E-state index in [4.69, 9.17) is 0 Å². The molecule has 0 aromatic heterocycles. The van der Waals surface area contributed by atoms with Gasteiger partial charge in [-0.2, -0.15) is 0 Å². The molecule has 1 fully saturated rings. The van der Waals surface area contributed by atoms with E-state index in [9.17, 15) is 5.11 Å². The van der Waals surface area contributed by atoms with Gasteiger partial charge in [-0.15, -0.1) is 0 Å². The number of nitrogens with one attached hydrogen (secondary N) is 1. The SMILES string of the molecule is CC1CC(NCc2cc(O)ccc2Br)C1. The third kappa shape index (κ3) is 2.73. The molecule has 1 aromatic carbocycles. The number of phenolic OH excluding ortho intramolecular Hbond substituents is 1. The van der Waals surface area contributed by atoms with E-state index in [1.54, 1.807) is 12.1 Å². The summed E-state index contributed by atoms with van der Waals surface area (Å²) < 4.78 is 1.06. The second kappa shape index (κ2) is 4.54. The lowest BCUT2D eigenvalue weighted by atomic mass is 9.82. The first-order valence-corrected chi connectivity index (χ1v) is 6.15. The zero-order chi connectivity index (χ0) is 10.8. The molecule has 0 heterocycles. The highest BCUT2D eigenvalue weighted by Gasteiger charge is 2.24. The standard InChI is InChI=1S/C12H16BrNO/c1-8-4-10(5-8)14-7-9-6-11(15)2-3-12(9)13/h2-3,6,8,10,14-15H,4-5,7H2,1H3. The number of phenols is 1. The van der Waals surface area contributed by atoms with Crippen LogP contribution in [0.5, 0.6) is 5.75 Å². The molecule has 0 amide bonds. The van der Waals surface area contributed by atoms with Crippen LogP contribution >= 0.6 is 15.9 Å². The van der Waals surface area contributed by atoms with Gasteiger partial charge in [0.2, 0.25) is 0 Å². The minimum Gasteiger partial charge on any atom is -0.508 e. The molecule has 0 unspecified atom stereocenters. The molecular weight excluding hydrogens is 254 g/mol. The number of hydrogen-bond acceptors (Lipinski definition) is 2. The molecule has 0 saturated heterocycles. The van der Waals surface area contributed by atoms with Gasteiger partial charge in [0.25, 0.3) is 0 Å². The molecule has 1 aliphatic carbocycles. The molecule has 82 valence electrons. The molecule has 15 heavy (non-hydrogen) atoms. The van der Waals surface area contributed by atoms with Crippen LogP contribution in [0, 0.1) is 5.92 Å². The molecule has 0 spiro atoms. The Hall–Kier alpha value is -0.540. The first-order chi connectivity index (χ1) is 7.15. The van der Waals surface area contributed by atoms with Gasteiger partial charge in [-0.3, -0.25) is 0 Å². The summed E-state index contributed by atoms with van der Waals surface area (Å²) in [6, 6.07) is 6.04. The maximum absolute atomic E-state index is 9.37. The predicted octanol–water partition coefficient (Wildman–Crippen LogP) is 3.04. The van der Waals surface area contributed by atoms with E-state index in [1.807, 2.05) is 6.07 Å². The van der Waals surface area contributed by atoms with E-state index < -0.39 is 0 Å². The summed E-state index contributed by atoms with van der Waals surface area (Å²) in [5, 5.41) is 12.9. The van der Waals surface area contributed by atoms with E-state index in [1.165, 1.54) is 12.8 Å². The Bertz CT molecular complexity index is 347. The highest BCUT2D eigenvalue weighted by Crippen LogP contribution is 2.27. The molecule has 1 saturated carbocycles. The van der Waals surface area contributed by atoms with Crippen LogP contribution in [0.4, 0.5) is 0 Å². The Balaban J connectivity index is 1.90. The van der Waals surface area contributed by atoms with E-state index in [0.717, 1.165) is 22.5 Å². The van der Waals surface area contributed by atoms with Crippen molar-refractivity contribution in [2.75, 3.05) is 0 Å². The van der Waals surface area contributed by atoms with Gasteiger partial charge in [0.05, 0.1) is 0 Å². The van der Waals surface area contributed by atoms with Crippen LogP contribution in [0.25, 0.3) is 0 Å². The van der Waals surface area contributed by atoms with Crippen molar-refractivity contribution in [3.8, 4) is 5.75 Å². The fourth-order valence-corrected chi connectivity index (χ4v) is 2.41. The summed E-state index contributed by atoms with van der Waals surface area (Å²) >= 11 is 3.48. The second-order valence-corrected chi connectivity index (χ2v) is 5.28. The molecule has 0 bridgehead atoms. The largest absolute Gasteiger partial charge is 0.508 e. The lowest BCUT2D eigenvalue weighted by Gasteiger charge is -2.33. The van der Waals surface area contributed by atoms with Crippen LogP contribution in [-0.4, -0.2) is 11.1 Å². The monoisotopic (exact) mass is 269 g/mol. The third-order valence-corrected chi connectivity index (χ3v) is 3.76. The average molecular weight is 270 g/mol. The Labute approximate surface area is 98.8 Å². The Kier molecular flexibility index (Phi) is 3.32. The van der Waals surface area contributed by atoms with Gasteiger partial charge in [0.15, 0.2) is 0 Å². The fourth-order valence-electron chi connectivity index (χ4n) is 2.02. The smallest absolute Gasteiger partial charge is 0.115 e. The first-order valence-electron chi connectivity index (χ1n) is 5.36. The molecule has 3 heteroatoms. The summed E-state index contributed by atoms with van der Waals surface area (Å²) in [6.45, 7) is 3.11. The number of benzene rings is 1. The molecule has 2 rings (SSSR count). The van der Waals surface area contributed by atoms with Crippen molar-refractivity contribution in [1.82, 2.24) is 5.32 Å². The zero-order valence-electron chi connectivity index (χ0n) is 8.83. The third-order valence-electron chi connectivity index (χ3n) is 2.98. The van der Waals surface area contributed by atoms with Crippen LogP contribution in [0.3, 0.4) is 0 Å². The molecule has 1 aliphatic rings. The van der Waals surface area contributed by atoms with Crippen molar-refractivity contribution >= 4 is 15.9 Å². The van der Waals surface area contributed by atoms with Crippen molar-refractivity contribution in [3.05, 3.63) is 28.2 Å². The van der Waals surface area contributed by atoms with Crippen molar-refractivity contribution < 1.29 is 5.11 Å². The lowest BCUT2D eigenvalue weighted by molar-refractivity contribution is 0.240. The van der Waals surface area contributed by atoms with E-state index in [2.05, 4.69) is 28.2 Å². The normalized spacial score (nSPS) is 24.9.